The van der Waals surface area contributed by atoms with E-state index in [1.54, 1.807) is 0 Å². The number of aryl methyl sites for hydroxylation is 1. The Labute approximate surface area is 120 Å². The number of hydrogen-bond acceptors (Lipinski definition) is 2. The molecule has 0 bridgehead atoms. The van der Waals surface area contributed by atoms with Crippen molar-refractivity contribution in [3.05, 3.63) is 30.1 Å². The summed E-state index contributed by atoms with van der Waals surface area (Å²) in [6, 6.07) is 8.09. The van der Waals surface area contributed by atoms with Crippen LogP contribution in [-0.2, 0) is 11.3 Å². The van der Waals surface area contributed by atoms with Crippen LogP contribution in [0.3, 0.4) is 0 Å². The molecule has 1 amide bonds. The SMILES string of the molecule is Cc1nc2ccccc2n1CCNC(=O)CCC(C)C. The maximum absolute atomic E-state index is 11.7. The molecule has 108 valence electrons. The van der Waals surface area contributed by atoms with Crippen LogP contribution < -0.4 is 5.32 Å². The molecule has 0 saturated heterocycles. The highest BCUT2D eigenvalue weighted by molar-refractivity contribution is 5.76. The van der Waals surface area contributed by atoms with Gasteiger partial charge in [0, 0.05) is 19.5 Å². The first-order valence-electron chi connectivity index (χ1n) is 7.26. The van der Waals surface area contributed by atoms with Gasteiger partial charge in [-0.3, -0.25) is 4.79 Å². The molecule has 0 unspecified atom stereocenters. The molecule has 1 aromatic heterocycles. The summed E-state index contributed by atoms with van der Waals surface area (Å²) in [6.07, 6.45) is 1.56. The molecule has 0 spiro atoms. The van der Waals surface area contributed by atoms with Crippen LogP contribution >= 0.6 is 0 Å². The third kappa shape index (κ3) is 3.59. The maximum atomic E-state index is 11.7. The fraction of sp³-hybridized carbons (Fsp3) is 0.500. The van der Waals surface area contributed by atoms with Gasteiger partial charge in [0.25, 0.3) is 0 Å². The second-order valence-electron chi connectivity index (χ2n) is 5.58. The molecule has 0 aliphatic carbocycles. The van der Waals surface area contributed by atoms with E-state index in [4.69, 9.17) is 0 Å². The van der Waals surface area contributed by atoms with Gasteiger partial charge in [-0.2, -0.15) is 0 Å². The summed E-state index contributed by atoms with van der Waals surface area (Å²) in [6.45, 7) is 7.68. The Hall–Kier alpha value is -1.84. The Bertz CT molecular complexity index is 586. The standard InChI is InChI=1S/C16H23N3O/c1-12(2)8-9-16(20)17-10-11-19-13(3)18-14-6-4-5-7-15(14)19/h4-7,12H,8-11H2,1-3H3,(H,17,20). The average Bonchev–Trinajstić information content (AvgIpc) is 2.73. The first kappa shape index (κ1) is 14.6. The van der Waals surface area contributed by atoms with Crippen LogP contribution in [0.2, 0.25) is 0 Å². The molecular weight excluding hydrogens is 250 g/mol. The third-order valence-electron chi connectivity index (χ3n) is 3.45. The van der Waals surface area contributed by atoms with E-state index in [-0.39, 0.29) is 5.91 Å². The molecule has 0 atom stereocenters. The second-order valence-corrected chi connectivity index (χ2v) is 5.58. The van der Waals surface area contributed by atoms with Gasteiger partial charge < -0.3 is 9.88 Å². The smallest absolute Gasteiger partial charge is 0.220 e. The molecule has 2 rings (SSSR count). The lowest BCUT2D eigenvalue weighted by Gasteiger charge is -2.09. The summed E-state index contributed by atoms with van der Waals surface area (Å²) in [5.74, 6) is 1.70. The molecule has 2 aromatic rings. The van der Waals surface area contributed by atoms with Crippen molar-refractivity contribution in [2.75, 3.05) is 6.54 Å². The lowest BCUT2D eigenvalue weighted by atomic mass is 10.1. The molecule has 4 nitrogen and oxygen atoms in total. The number of carbonyl (C=O) groups excluding carboxylic acids is 1. The minimum Gasteiger partial charge on any atom is -0.354 e. The fourth-order valence-electron chi connectivity index (χ4n) is 2.29. The number of rotatable bonds is 6. The van der Waals surface area contributed by atoms with Gasteiger partial charge in [0.15, 0.2) is 0 Å². The number of hydrogen-bond donors (Lipinski definition) is 1. The van der Waals surface area contributed by atoms with Gasteiger partial charge >= 0.3 is 0 Å². The second kappa shape index (κ2) is 6.55. The molecule has 20 heavy (non-hydrogen) atoms. The predicted molar refractivity (Wildman–Crippen MR) is 81.6 cm³/mol. The van der Waals surface area contributed by atoms with Gasteiger partial charge in [-0.1, -0.05) is 26.0 Å². The van der Waals surface area contributed by atoms with Crippen molar-refractivity contribution in [3.63, 3.8) is 0 Å². The van der Waals surface area contributed by atoms with Crippen molar-refractivity contribution in [2.45, 2.75) is 40.2 Å². The zero-order chi connectivity index (χ0) is 14.5. The quantitative estimate of drug-likeness (QED) is 0.879. The highest BCUT2D eigenvalue weighted by atomic mass is 16.1. The molecular formula is C16H23N3O. The van der Waals surface area contributed by atoms with Gasteiger partial charge in [0.05, 0.1) is 11.0 Å². The lowest BCUT2D eigenvalue weighted by Crippen LogP contribution is -2.27. The number of nitrogens with one attached hydrogen (secondary N) is 1. The lowest BCUT2D eigenvalue weighted by molar-refractivity contribution is -0.121. The molecule has 0 aliphatic rings. The van der Waals surface area contributed by atoms with Gasteiger partial charge in [0.2, 0.25) is 5.91 Å². The average molecular weight is 273 g/mol. The third-order valence-corrected chi connectivity index (χ3v) is 3.45. The predicted octanol–water partition coefficient (Wildman–Crippen LogP) is 2.90. The molecule has 0 aliphatic heterocycles. The van der Waals surface area contributed by atoms with Gasteiger partial charge in [-0.15, -0.1) is 0 Å². The molecule has 1 aromatic carbocycles. The normalized spacial score (nSPS) is 11.2. The van der Waals surface area contributed by atoms with E-state index in [0.717, 1.165) is 29.8 Å². The van der Waals surface area contributed by atoms with Crippen LogP contribution in [-0.4, -0.2) is 22.0 Å². The summed E-state index contributed by atoms with van der Waals surface area (Å²) >= 11 is 0. The molecule has 1 heterocycles. The molecule has 0 fully saturated rings. The maximum Gasteiger partial charge on any atom is 0.220 e. The summed E-state index contributed by atoms with van der Waals surface area (Å²) in [7, 11) is 0. The Morgan fingerprint density at radius 3 is 2.85 bits per heavy atom. The fourth-order valence-corrected chi connectivity index (χ4v) is 2.29. The van der Waals surface area contributed by atoms with Gasteiger partial charge in [-0.25, -0.2) is 4.98 Å². The summed E-state index contributed by atoms with van der Waals surface area (Å²) in [4.78, 5) is 16.2. The summed E-state index contributed by atoms with van der Waals surface area (Å²) < 4.78 is 2.15. The Kier molecular flexibility index (Phi) is 4.77. The van der Waals surface area contributed by atoms with E-state index < -0.39 is 0 Å². The van der Waals surface area contributed by atoms with E-state index in [1.165, 1.54) is 0 Å². The largest absolute Gasteiger partial charge is 0.354 e. The molecule has 0 saturated carbocycles. The number of carbonyl (C=O) groups is 1. The minimum absolute atomic E-state index is 0.140. The zero-order valence-corrected chi connectivity index (χ0v) is 12.5. The van der Waals surface area contributed by atoms with E-state index in [9.17, 15) is 4.79 Å². The first-order chi connectivity index (χ1) is 9.58. The molecule has 4 heteroatoms. The number of amides is 1. The van der Waals surface area contributed by atoms with Crippen LogP contribution in [0, 0.1) is 12.8 Å². The number of benzene rings is 1. The van der Waals surface area contributed by atoms with E-state index in [0.29, 0.717) is 18.9 Å². The van der Waals surface area contributed by atoms with Crippen molar-refractivity contribution in [1.82, 2.24) is 14.9 Å². The Morgan fingerprint density at radius 1 is 1.35 bits per heavy atom. The van der Waals surface area contributed by atoms with E-state index >= 15 is 0 Å². The topological polar surface area (TPSA) is 46.9 Å². The highest BCUT2D eigenvalue weighted by Crippen LogP contribution is 2.14. The van der Waals surface area contributed by atoms with Gasteiger partial charge in [0.1, 0.15) is 5.82 Å². The highest BCUT2D eigenvalue weighted by Gasteiger charge is 2.07. The number of imidazole rings is 1. The van der Waals surface area contributed by atoms with Crippen molar-refractivity contribution < 1.29 is 4.79 Å². The monoisotopic (exact) mass is 273 g/mol. The zero-order valence-electron chi connectivity index (χ0n) is 12.5. The Balaban J connectivity index is 1.90. The van der Waals surface area contributed by atoms with Crippen LogP contribution in [0.1, 0.15) is 32.5 Å². The summed E-state index contributed by atoms with van der Waals surface area (Å²) in [5.41, 5.74) is 2.14. The van der Waals surface area contributed by atoms with Crippen LogP contribution in [0.5, 0.6) is 0 Å². The Morgan fingerprint density at radius 2 is 2.10 bits per heavy atom. The van der Waals surface area contributed by atoms with Crippen molar-refractivity contribution in [3.8, 4) is 0 Å². The minimum atomic E-state index is 0.140. The molecule has 1 N–H and O–H groups in total. The number of aromatic nitrogens is 2. The van der Waals surface area contributed by atoms with Crippen LogP contribution in [0.4, 0.5) is 0 Å². The number of nitrogens with zero attached hydrogens (tertiary/aromatic N) is 2. The first-order valence-corrected chi connectivity index (χ1v) is 7.26. The van der Waals surface area contributed by atoms with Crippen molar-refractivity contribution in [2.24, 2.45) is 5.92 Å². The van der Waals surface area contributed by atoms with Crippen LogP contribution in [0.25, 0.3) is 11.0 Å². The van der Waals surface area contributed by atoms with E-state index in [2.05, 4.69) is 34.8 Å². The van der Waals surface area contributed by atoms with Gasteiger partial charge in [-0.05, 0) is 31.4 Å². The molecule has 0 radical (unpaired) electrons. The van der Waals surface area contributed by atoms with E-state index in [1.807, 2.05) is 25.1 Å². The number of fused-ring (bicyclic) bond motifs is 1. The van der Waals surface area contributed by atoms with Crippen molar-refractivity contribution >= 4 is 16.9 Å². The summed E-state index contributed by atoms with van der Waals surface area (Å²) in [5, 5.41) is 2.98. The van der Waals surface area contributed by atoms with Crippen molar-refractivity contribution in [1.29, 1.82) is 0 Å². The van der Waals surface area contributed by atoms with Crippen LogP contribution in [0.15, 0.2) is 24.3 Å². The number of para-hydroxylation sites is 2.